The fourth-order valence-electron chi connectivity index (χ4n) is 1.96. The van der Waals surface area contributed by atoms with Gasteiger partial charge in [-0.1, -0.05) is 0 Å². The van der Waals surface area contributed by atoms with E-state index in [-0.39, 0.29) is 5.91 Å². The van der Waals surface area contributed by atoms with Crippen LogP contribution in [0, 0.1) is 0 Å². The van der Waals surface area contributed by atoms with Crippen molar-refractivity contribution < 1.29 is 14.3 Å². The predicted molar refractivity (Wildman–Crippen MR) is 69.6 cm³/mol. The van der Waals surface area contributed by atoms with Gasteiger partial charge in [-0.05, 0) is 12.1 Å². The number of nitrogens with two attached hydrogens (primary N) is 1. The molecule has 1 aliphatic rings. The number of hydrogen-bond acceptors (Lipinski definition) is 6. The first-order valence-electron chi connectivity index (χ1n) is 6.03. The van der Waals surface area contributed by atoms with Gasteiger partial charge < -0.3 is 20.2 Å². The summed E-state index contributed by atoms with van der Waals surface area (Å²) in [5.41, 5.74) is 2.48. The van der Waals surface area contributed by atoms with E-state index in [1.165, 1.54) is 6.20 Å². The zero-order valence-corrected chi connectivity index (χ0v) is 10.8. The largest absolute Gasteiger partial charge is 0.378 e. The number of nitrogen functional groups attached to an aromatic ring is 1. The molecule has 1 aromatic heterocycles. The van der Waals surface area contributed by atoms with Crippen molar-refractivity contribution >= 4 is 11.7 Å². The summed E-state index contributed by atoms with van der Waals surface area (Å²) in [5.74, 6) is 5.50. The Bertz CT molecular complexity index is 446. The molecule has 0 aromatic carbocycles. The molecule has 0 bridgehead atoms. The van der Waals surface area contributed by atoms with Crippen molar-refractivity contribution in [3.63, 3.8) is 0 Å². The van der Waals surface area contributed by atoms with E-state index in [0.717, 1.165) is 6.42 Å². The number of methoxy groups -OCH3 is 1. The van der Waals surface area contributed by atoms with Gasteiger partial charge in [0.15, 0.2) is 0 Å². The second-order valence-electron chi connectivity index (χ2n) is 4.45. The smallest absolute Gasteiger partial charge is 0.251 e. The van der Waals surface area contributed by atoms with E-state index in [1.807, 2.05) is 0 Å². The Labute approximate surface area is 111 Å². The van der Waals surface area contributed by atoms with Gasteiger partial charge in [-0.15, -0.1) is 0 Å². The van der Waals surface area contributed by atoms with Crippen LogP contribution in [-0.2, 0) is 9.47 Å². The number of hydrogen-bond donors (Lipinski definition) is 3. The van der Waals surface area contributed by atoms with Gasteiger partial charge in [-0.2, -0.15) is 0 Å². The van der Waals surface area contributed by atoms with Gasteiger partial charge in [0.1, 0.15) is 11.4 Å². The highest BCUT2D eigenvalue weighted by Gasteiger charge is 2.35. The fraction of sp³-hybridized carbons (Fsp3) is 0.500. The van der Waals surface area contributed by atoms with Crippen molar-refractivity contribution in [3.05, 3.63) is 23.9 Å². The van der Waals surface area contributed by atoms with Crippen molar-refractivity contribution in [2.45, 2.75) is 12.0 Å². The van der Waals surface area contributed by atoms with E-state index in [2.05, 4.69) is 15.7 Å². The topological polar surface area (TPSA) is 98.5 Å². The molecule has 4 N–H and O–H groups in total. The number of nitrogens with one attached hydrogen (secondary N) is 2. The Morgan fingerprint density at radius 3 is 3.16 bits per heavy atom. The monoisotopic (exact) mass is 266 g/mol. The Balaban J connectivity index is 1.97. The van der Waals surface area contributed by atoms with E-state index in [4.69, 9.17) is 15.3 Å². The third-order valence-corrected chi connectivity index (χ3v) is 3.24. The van der Waals surface area contributed by atoms with Gasteiger partial charge in [-0.3, -0.25) is 4.79 Å². The van der Waals surface area contributed by atoms with Gasteiger partial charge in [0.05, 0.1) is 6.61 Å². The number of amides is 1. The van der Waals surface area contributed by atoms with Crippen LogP contribution in [0.15, 0.2) is 18.3 Å². The Hall–Kier alpha value is -1.70. The van der Waals surface area contributed by atoms with Crippen molar-refractivity contribution in [2.24, 2.45) is 5.84 Å². The van der Waals surface area contributed by atoms with Crippen molar-refractivity contribution in [1.82, 2.24) is 10.3 Å². The average molecular weight is 266 g/mol. The van der Waals surface area contributed by atoms with Crippen molar-refractivity contribution in [1.29, 1.82) is 0 Å². The van der Waals surface area contributed by atoms with Gasteiger partial charge >= 0.3 is 0 Å². The van der Waals surface area contributed by atoms with Crippen LogP contribution in [0.25, 0.3) is 0 Å². The van der Waals surface area contributed by atoms with Crippen LogP contribution in [0.3, 0.4) is 0 Å². The maximum Gasteiger partial charge on any atom is 0.251 e. The highest BCUT2D eigenvalue weighted by atomic mass is 16.5. The fourth-order valence-corrected chi connectivity index (χ4v) is 1.96. The molecule has 0 saturated carbocycles. The molecule has 1 atom stereocenters. The number of hydrazine groups is 1. The van der Waals surface area contributed by atoms with Gasteiger partial charge in [0.25, 0.3) is 5.91 Å². The number of carbonyl (C=O) groups excluding carboxylic acids is 1. The van der Waals surface area contributed by atoms with Crippen LogP contribution in [0.1, 0.15) is 16.8 Å². The summed E-state index contributed by atoms with van der Waals surface area (Å²) in [4.78, 5) is 16.0. The summed E-state index contributed by atoms with van der Waals surface area (Å²) in [6.07, 6.45) is 2.30. The first-order valence-corrected chi connectivity index (χ1v) is 6.03. The maximum atomic E-state index is 12.0. The summed E-state index contributed by atoms with van der Waals surface area (Å²) < 4.78 is 10.8. The molecule has 0 radical (unpaired) electrons. The molecule has 104 valence electrons. The lowest BCUT2D eigenvalue weighted by Gasteiger charge is -2.25. The van der Waals surface area contributed by atoms with E-state index in [0.29, 0.717) is 31.1 Å². The quantitative estimate of drug-likeness (QED) is 0.508. The maximum absolute atomic E-state index is 12.0. The van der Waals surface area contributed by atoms with Gasteiger partial charge in [0.2, 0.25) is 0 Å². The summed E-state index contributed by atoms with van der Waals surface area (Å²) >= 11 is 0. The third kappa shape index (κ3) is 3.19. The summed E-state index contributed by atoms with van der Waals surface area (Å²) in [7, 11) is 1.63. The molecule has 1 unspecified atom stereocenters. The van der Waals surface area contributed by atoms with Gasteiger partial charge in [-0.25, -0.2) is 10.8 Å². The van der Waals surface area contributed by atoms with Crippen molar-refractivity contribution in [3.8, 4) is 0 Å². The highest BCUT2D eigenvalue weighted by Crippen LogP contribution is 2.21. The van der Waals surface area contributed by atoms with Crippen LogP contribution in [0.2, 0.25) is 0 Å². The second-order valence-corrected chi connectivity index (χ2v) is 4.45. The van der Waals surface area contributed by atoms with E-state index in [1.54, 1.807) is 19.2 Å². The van der Waals surface area contributed by atoms with Crippen LogP contribution in [0.4, 0.5) is 5.82 Å². The minimum Gasteiger partial charge on any atom is -0.378 e. The normalized spacial score (nSPS) is 22.2. The van der Waals surface area contributed by atoms with Crippen LogP contribution < -0.4 is 16.6 Å². The second kappa shape index (κ2) is 5.96. The Kier molecular flexibility index (Phi) is 4.31. The summed E-state index contributed by atoms with van der Waals surface area (Å²) in [5, 5.41) is 2.84. The number of rotatable bonds is 5. The van der Waals surface area contributed by atoms with Crippen LogP contribution >= 0.6 is 0 Å². The molecule has 2 rings (SSSR count). The molecule has 1 saturated heterocycles. The number of nitrogens with zero attached hydrogens (tertiary/aromatic N) is 1. The number of pyridine rings is 1. The predicted octanol–water partition coefficient (Wildman–Crippen LogP) is -0.0975. The Morgan fingerprint density at radius 1 is 1.68 bits per heavy atom. The first kappa shape index (κ1) is 13.7. The van der Waals surface area contributed by atoms with Crippen LogP contribution in [-0.4, -0.2) is 43.4 Å². The number of anilines is 1. The molecular formula is C12H18N4O3. The molecule has 2 heterocycles. The lowest BCUT2D eigenvalue weighted by atomic mass is 10.0. The van der Waals surface area contributed by atoms with Crippen LogP contribution in [0.5, 0.6) is 0 Å². The molecule has 7 heteroatoms. The van der Waals surface area contributed by atoms with E-state index in [9.17, 15) is 4.79 Å². The molecular weight excluding hydrogens is 248 g/mol. The zero-order chi connectivity index (χ0) is 13.7. The Morgan fingerprint density at radius 2 is 2.53 bits per heavy atom. The molecule has 1 amide bonds. The SMILES string of the molecule is COC1(CNC(=O)c2ccnc(NN)c2)CCOC1. The molecule has 1 fully saturated rings. The average Bonchev–Trinajstić information content (AvgIpc) is 2.94. The summed E-state index contributed by atoms with van der Waals surface area (Å²) in [6, 6.07) is 3.21. The molecule has 0 spiro atoms. The third-order valence-electron chi connectivity index (χ3n) is 3.24. The number of aromatic nitrogens is 1. The lowest BCUT2D eigenvalue weighted by Crippen LogP contribution is -2.45. The van der Waals surface area contributed by atoms with Crippen molar-refractivity contribution in [2.75, 3.05) is 32.3 Å². The van der Waals surface area contributed by atoms with E-state index < -0.39 is 5.60 Å². The zero-order valence-electron chi connectivity index (χ0n) is 10.8. The number of carbonyl (C=O) groups is 1. The molecule has 1 aromatic rings. The van der Waals surface area contributed by atoms with E-state index >= 15 is 0 Å². The molecule has 19 heavy (non-hydrogen) atoms. The summed E-state index contributed by atoms with van der Waals surface area (Å²) in [6.45, 7) is 1.56. The van der Waals surface area contributed by atoms with Gasteiger partial charge in [0, 0.05) is 38.4 Å². The standard InChI is InChI=1S/C12H18N4O3/c1-18-12(3-5-19-8-12)7-15-11(17)9-2-4-14-10(6-9)16-13/h2,4,6H,3,5,7-8,13H2,1H3,(H,14,16)(H,15,17). The minimum absolute atomic E-state index is 0.192. The lowest BCUT2D eigenvalue weighted by molar-refractivity contribution is -0.0148. The molecule has 1 aliphatic heterocycles. The minimum atomic E-state index is -0.419. The highest BCUT2D eigenvalue weighted by molar-refractivity contribution is 5.94. The molecule has 0 aliphatic carbocycles. The molecule has 7 nitrogen and oxygen atoms in total. The number of ether oxygens (including phenoxy) is 2. The first-order chi connectivity index (χ1) is 9.19.